The molecule has 2 aliphatic heterocycles. The molecule has 0 saturated carbocycles. The summed E-state index contributed by atoms with van der Waals surface area (Å²) in [6.07, 6.45) is 0.168. The monoisotopic (exact) mass is 346 g/mol. The molecule has 1 unspecified atom stereocenters. The number of ether oxygens (including phenoxy) is 2. The molecular weight excluding hydrogens is 324 g/mol. The predicted octanol–water partition coefficient (Wildman–Crippen LogP) is 2.07. The third-order valence-electron chi connectivity index (χ3n) is 4.72. The van der Waals surface area contributed by atoms with Crippen LogP contribution < -0.4 is 0 Å². The van der Waals surface area contributed by atoms with E-state index in [-0.39, 0.29) is 12.0 Å². The van der Waals surface area contributed by atoms with Crippen molar-refractivity contribution < 1.29 is 14.3 Å². The number of carbonyl (C=O) groups is 1. The van der Waals surface area contributed by atoms with Gasteiger partial charge in [-0.1, -0.05) is 18.2 Å². The van der Waals surface area contributed by atoms with Crippen molar-refractivity contribution in [3.05, 3.63) is 35.2 Å². The van der Waals surface area contributed by atoms with Gasteiger partial charge in [-0.3, -0.25) is 9.69 Å². The molecule has 0 radical (unpaired) electrons. The number of benzene rings is 1. The maximum atomic E-state index is 12.8. The van der Waals surface area contributed by atoms with Crippen LogP contribution in [0.5, 0.6) is 0 Å². The maximum absolute atomic E-state index is 12.8. The second kappa shape index (κ2) is 7.19. The van der Waals surface area contributed by atoms with E-state index in [0.717, 1.165) is 43.7 Å². The van der Waals surface area contributed by atoms with Gasteiger partial charge in [0.05, 0.1) is 31.5 Å². The summed E-state index contributed by atoms with van der Waals surface area (Å²) in [5.74, 6) is 0.157. The third kappa shape index (κ3) is 3.32. The fourth-order valence-electron chi connectivity index (χ4n) is 3.38. The van der Waals surface area contributed by atoms with E-state index < -0.39 is 0 Å². The minimum atomic E-state index is 0.157. The van der Waals surface area contributed by atoms with Gasteiger partial charge in [0, 0.05) is 48.2 Å². The van der Waals surface area contributed by atoms with Crippen LogP contribution in [-0.2, 0) is 9.47 Å². The summed E-state index contributed by atoms with van der Waals surface area (Å²) in [6, 6.07) is 8.12. The largest absolute Gasteiger partial charge is 0.376 e. The molecule has 2 aromatic rings. The number of fused-ring (bicyclic) bond motifs is 1. The first-order valence-electron chi connectivity index (χ1n) is 8.48. The molecule has 3 heterocycles. The van der Waals surface area contributed by atoms with E-state index in [1.165, 1.54) is 4.70 Å². The number of thiophene rings is 1. The number of rotatable bonds is 3. The maximum Gasteiger partial charge on any atom is 0.255 e. The Morgan fingerprint density at radius 1 is 1.17 bits per heavy atom. The minimum Gasteiger partial charge on any atom is -0.376 e. The number of hydrogen-bond acceptors (Lipinski definition) is 5. The molecule has 1 atom stereocenters. The van der Waals surface area contributed by atoms with E-state index in [2.05, 4.69) is 11.0 Å². The summed E-state index contributed by atoms with van der Waals surface area (Å²) < 4.78 is 12.3. The molecular formula is C18H22N2O3S. The first-order chi connectivity index (χ1) is 11.8. The lowest BCUT2D eigenvalue weighted by Gasteiger charge is -2.37. The van der Waals surface area contributed by atoms with Gasteiger partial charge in [-0.15, -0.1) is 11.3 Å². The van der Waals surface area contributed by atoms with E-state index in [4.69, 9.17) is 9.47 Å². The second-order valence-corrected chi connectivity index (χ2v) is 7.22. The van der Waals surface area contributed by atoms with Crippen LogP contribution >= 0.6 is 11.3 Å². The molecule has 1 aromatic carbocycles. The van der Waals surface area contributed by atoms with Crippen molar-refractivity contribution >= 4 is 27.3 Å². The SMILES string of the molecule is O=C(c1csc2ccccc12)N1CCN(CC2COCCO2)CC1. The van der Waals surface area contributed by atoms with Crippen molar-refractivity contribution in [2.75, 3.05) is 52.5 Å². The normalized spacial score (nSPS) is 22.8. The highest BCUT2D eigenvalue weighted by molar-refractivity contribution is 7.17. The molecule has 1 aromatic heterocycles. The number of piperazine rings is 1. The third-order valence-corrected chi connectivity index (χ3v) is 5.68. The smallest absolute Gasteiger partial charge is 0.255 e. The summed E-state index contributed by atoms with van der Waals surface area (Å²) in [5, 5.41) is 3.06. The van der Waals surface area contributed by atoms with Gasteiger partial charge < -0.3 is 14.4 Å². The van der Waals surface area contributed by atoms with Crippen LogP contribution in [0.4, 0.5) is 0 Å². The molecule has 2 fully saturated rings. The molecule has 0 aliphatic carbocycles. The van der Waals surface area contributed by atoms with Crippen LogP contribution in [0.15, 0.2) is 29.6 Å². The molecule has 2 saturated heterocycles. The molecule has 0 bridgehead atoms. The molecule has 0 N–H and O–H groups in total. The van der Waals surface area contributed by atoms with Gasteiger partial charge in [0.2, 0.25) is 0 Å². The summed E-state index contributed by atoms with van der Waals surface area (Å²) in [4.78, 5) is 17.2. The van der Waals surface area contributed by atoms with Crippen molar-refractivity contribution in [3.8, 4) is 0 Å². The van der Waals surface area contributed by atoms with Crippen molar-refractivity contribution in [2.45, 2.75) is 6.10 Å². The molecule has 24 heavy (non-hydrogen) atoms. The lowest BCUT2D eigenvalue weighted by Crippen LogP contribution is -2.51. The summed E-state index contributed by atoms with van der Waals surface area (Å²) >= 11 is 1.64. The summed E-state index contributed by atoms with van der Waals surface area (Å²) in [7, 11) is 0. The van der Waals surface area contributed by atoms with Crippen LogP contribution in [0, 0.1) is 0 Å². The van der Waals surface area contributed by atoms with Crippen LogP contribution in [0.3, 0.4) is 0 Å². The van der Waals surface area contributed by atoms with E-state index in [0.29, 0.717) is 19.8 Å². The lowest BCUT2D eigenvalue weighted by molar-refractivity contribution is -0.0994. The molecule has 128 valence electrons. The number of nitrogens with zero attached hydrogens (tertiary/aromatic N) is 2. The van der Waals surface area contributed by atoms with Crippen molar-refractivity contribution in [2.24, 2.45) is 0 Å². The molecule has 4 rings (SSSR count). The Kier molecular flexibility index (Phi) is 4.80. The average molecular weight is 346 g/mol. The number of hydrogen-bond donors (Lipinski definition) is 0. The van der Waals surface area contributed by atoms with Crippen molar-refractivity contribution in [1.82, 2.24) is 9.80 Å². The Bertz CT molecular complexity index is 703. The first kappa shape index (κ1) is 16.0. The van der Waals surface area contributed by atoms with Crippen LogP contribution in [0.25, 0.3) is 10.1 Å². The Balaban J connectivity index is 1.36. The zero-order valence-electron chi connectivity index (χ0n) is 13.6. The molecule has 5 nitrogen and oxygen atoms in total. The molecule has 6 heteroatoms. The molecule has 1 amide bonds. The second-order valence-electron chi connectivity index (χ2n) is 6.31. The summed E-state index contributed by atoms with van der Waals surface area (Å²) in [5.41, 5.74) is 0.841. The highest BCUT2D eigenvalue weighted by atomic mass is 32.1. The van der Waals surface area contributed by atoms with Gasteiger partial charge in [-0.25, -0.2) is 0 Å². The Morgan fingerprint density at radius 3 is 2.79 bits per heavy atom. The fraction of sp³-hybridized carbons (Fsp3) is 0.500. The van der Waals surface area contributed by atoms with E-state index in [9.17, 15) is 4.79 Å². The van der Waals surface area contributed by atoms with Gasteiger partial charge in [0.25, 0.3) is 5.91 Å². The zero-order chi connectivity index (χ0) is 16.4. The van der Waals surface area contributed by atoms with Crippen LogP contribution in [0.2, 0.25) is 0 Å². The highest BCUT2D eigenvalue weighted by Gasteiger charge is 2.26. The fourth-order valence-corrected chi connectivity index (χ4v) is 4.31. The molecule has 2 aliphatic rings. The average Bonchev–Trinajstić information content (AvgIpc) is 3.07. The van der Waals surface area contributed by atoms with Gasteiger partial charge in [-0.2, -0.15) is 0 Å². The Morgan fingerprint density at radius 2 is 2.00 bits per heavy atom. The quantitative estimate of drug-likeness (QED) is 0.853. The molecule has 0 spiro atoms. The lowest BCUT2D eigenvalue weighted by atomic mass is 10.1. The van der Waals surface area contributed by atoms with Crippen LogP contribution in [0.1, 0.15) is 10.4 Å². The van der Waals surface area contributed by atoms with Gasteiger partial charge in [0.1, 0.15) is 0 Å². The van der Waals surface area contributed by atoms with E-state index in [1.54, 1.807) is 11.3 Å². The van der Waals surface area contributed by atoms with E-state index >= 15 is 0 Å². The van der Waals surface area contributed by atoms with Crippen molar-refractivity contribution in [3.63, 3.8) is 0 Å². The first-order valence-corrected chi connectivity index (χ1v) is 9.36. The Hall–Kier alpha value is -1.47. The predicted molar refractivity (Wildman–Crippen MR) is 94.7 cm³/mol. The summed E-state index contributed by atoms with van der Waals surface area (Å²) in [6.45, 7) is 6.31. The van der Waals surface area contributed by atoms with Gasteiger partial charge in [-0.05, 0) is 6.07 Å². The number of carbonyl (C=O) groups excluding carboxylic acids is 1. The van der Waals surface area contributed by atoms with Crippen molar-refractivity contribution in [1.29, 1.82) is 0 Å². The standard InChI is InChI=1S/C18H22N2O3S/c21-18(16-13-24-17-4-2-1-3-15(16)17)20-7-5-19(6-8-20)11-14-12-22-9-10-23-14/h1-4,13-14H,5-12H2. The highest BCUT2D eigenvalue weighted by Crippen LogP contribution is 2.27. The van der Waals surface area contributed by atoms with Gasteiger partial charge >= 0.3 is 0 Å². The zero-order valence-corrected chi connectivity index (χ0v) is 14.5. The topological polar surface area (TPSA) is 42.0 Å². The Labute approximate surface area is 145 Å². The minimum absolute atomic E-state index is 0.157. The van der Waals surface area contributed by atoms with Crippen LogP contribution in [-0.4, -0.2) is 74.4 Å². The van der Waals surface area contributed by atoms with E-state index in [1.807, 2.05) is 28.5 Å². The van der Waals surface area contributed by atoms with Gasteiger partial charge in [0.15, 0.2) is 0 Å². The number of amides is 1.